The maximum absolute atomic E-state index is 13.9. The van der Waals surface area contributed by atoms with Crippen molar-refractivity contribution >= 4 is 39.7 Å². The molecule has 2 aromatic heterocycles. The molecule has 2 aromatic carbocycles. The lowest BCUT2D eigenvalue weighted by Crippen LogP contribution is -2.52. The van der Waals surface area contributed by atoms with Gasteiger partial charge in [0.2, 0.25) is 5.43 Å². The Bertz CT molecular complexity index is 1600. The number of rotatable bonds is 0. The van der Waals surface area contributed by atoms with Gasteiger partial charge in [-0.25, -0.2) is 4.98 Å². The molecular weight excluding hydrogens is 442 g/mol. The zero-order valence-electron chi connectivity index (χ0n) is 19.4. The molecule has 0 N–H and O–H groups in total. The number of nitrogens with zero attached hydrogens (tertiary/aromatic N) is 1. The van der Waals surface area contributed by atoms with Crippen LogP contribution >= 0.6 is 11.8 Å². The Morgan fingerprint density at radius 2 is 1.85 bits per heavy atom. The molecule has 170 valence electrons. The number of fused-ring (bicyclic) bond motifs is 8. The fourth-order valence-electron chi connectivity index (χ4n) is 6.22. The number of ether oxygens (including phenoxy) is 1. The van der Waals surface area contributed by atoms with Gasteiger partial charge in [-0.15, -0.1) is 0 Å². The first-order chi connectivity index (χ1) is 16.3. The molecule has 4 nitrogen and oxygen atoms in total. The molecule has 1 aliphatic carbocycles. The van der Waals surface area contributed by atoms with Crippen molar-refractivity contribution in [2.45, 2.75) is 54.9 Å². The number of hydrogen-bond donors (Lipinski definition) is 0. The van der Waals surface area contributed by atoms with E-state index in [0.29, 0.717) is 22.5 Å². The number of hydrogen-bond acceptors (Lipinski definition) is 5. The average molecular weight is 468 g/mol. The molecule has 0 amide bonds. The fraction of sp³-hybridized carbons (Fsp3) is 0.310. The minimum Gasteiger partial charge on any atom is -0.458 e. The number of thioether (sulfide) groups is 1. The van der Waals surface area contributed by atoms with Crippen LogP contribution in [0.15, 0.2) is 74.4 Å². The van der Waals surface area contributed by atoms with Crippen LogP contribution in [0.25, 0.3) is 27.9 Å². The first kappa shape index (κ1) is 20.3. The Morgan fingerprint density at radius 3 is 2.74 bits per heavy atom. The predicted octanol–water partition coefficient (Wildman–Crippen LogP) is 6.95. The zero-order valence-corrected chi connectivity index (χ0v) is 20.2. The standard InChI is InChI=1S/C29H25NO3S/c1-28(2)19-12-13-29(3)20(15-17-14-16-8-4-6-10-21(16)30-26(17)34-29)23(19)24-25(31)18-9-5-7-11-22(18)32-27(24)33-28/h4-11,14-15,19,23H,12-13H2,1-3H3. The summed E-state index contributed by atoms with van der Waals surface area (Å²) >= 11 is 1.85. The van der Waals surface area contributed by atoms with Gasteiger partial charge in [0.1, 0.15) is 16.2 Å². The van der Waals surface area contributed by atoms with Crippen molar-refractivity contribution in [3.63, 3.8) is 0 Å². The van der Waals surface area contributed by atoms with Crippen molar-refractivity contribution in [3.8, 4) is 5.95 Å². The third kappa shape index (κ3) is 2.73. The SMILES string of the molecule is CC12CCC3C(C1=Cc1cc4ccccc4nc1S2)c1c(oc2ccccc2c1=O)OC3(C)C. The highest BCUT2D eigenvalue weighted by Crippen LogP contribution is 2.62. The van der Waals surface area contributed by atoms with Crippen LogP contribution in [-0.4, -0.2) is 15.3 Å². The normalized spacial score (nSPS) is 26.6. The Kier molecular flexibility index (Phi) is 4.04. The molecule has 7 rings (SSSR count). The topological polar surface area (TPSA) is 52.3 Å². The first-order valence-electron chi connectivity index (χ1n) is 11.9. The van der Waals surface area contributed by atoms with E-state index in [0.717, 1.165) is 34.3 Å². The summed E-state index contributed by atoms with van der Waals surface area (Å²) in [6, 6.07) is 18.0. The summed E-state index contributed by atoms with van der Waals surface area (Å²) in [5.74, 6) is 0.525. The van der Waals surface area contributed by atoms with Crippen LogP contribution in [0.1, 0.15) is 50.7 Å². The predicted molar refractivity (Wildman–Crippen MR) is 137 cm³/mol. The van der Waals surface area contributed by atoms with Gasteiger partial charge in [-0.05, 0) is 63.5 Å². The summed E-state index contributed by atoms with van der Waals surface area (Å²) in [5, 5.41) is 2.82. The maximum atomic E-state index is 13.9. The van der Waals surface area contributed by atoms with Gasteiger partial charge in [0.05, 0.1) is 16.5 Å². The van der Waals surface area contributed by atoms with E-state index in [2.05, 4.69) is 45.0 Å². The van der Waals surface area contributed by atoms with E-state index >= 15 is 0 Å². The highest BCUT2D eigenvalue weighted by Gasteiger charge is 2.55. The molecule has 0 radical (unpaired) electrons. The molecule has 34 heavy (non-hydrogen) atoms. The smallest absolute Gasteiger partial charge is 0.293 e. The fourth-order valence-corrected chi connectivity index (χ4v) is 7.55. The molecule has 3 atom stereocenters. The molecular formula is C29H25NO3S. The van der Waals surface area contributed by atoms with Crippen molar-refractivity contribution in [3.05, 3.63) is 81.5 Å². The van der Waals surface area contributed by atoms with E-state index in [-0.39, 0.29) is 22.0 Å². The molecule has 0 bridgehead atoms. The molecule has 3 aliphatic rings. The number of aromatic nitrogens is 1. The Morgan fingerprint density at radius 1 is 1.06 bits per heavy atom. The molecule has 1 saturated carbocycles. The minimum atomic E-state index is -0.440. The highest BCUT2D eigenvalue weighted by molar-refractivity contribution is 8.01. The minimum absolute atomic E-state index is 0.0277. The molecule has 0 saturated heterocycles. The van der Waals surface area contributed by atoms with E-state index in [1.807, 2.05) is 48.2 Å². The van der Waals surface area contributed by atoms with Gasteiger partial charge in [0.15, 0.2) is 0 Å². The second kappa shape index (κ2) is 6.76. The zero-order chi connectivity index (χ0) is 23.2. The summed E-state index contributed by atoms with van der Waals surface area (Å²) in [6.07, 6.45) is 4.30. The van der Waals surface area contributed by atoms with Crippen molar-refractivity contribution in [2.24, 2.45) is 5.92 Å². The van der Waals surface area contributed by atoms with Gasteiger partial charge in [0, 0.05) is 27.5 Å². The lowest BCUT2D eigenvalue weighted by atomic mass is 9.61. The maximum Gasteiger partial charge on any atom is 0.293 e. The van der Waals surface area contributed by atoms with Crippen LogP contribution in [0.5, 0.6) is 5.95 Å². The molecule has 0 spiro atoms. The monoisotopic (exact) mass is 467 g/mol. The molecule has 1 fully saturated rings. The average Bonchev–Trinajstić information content (AvgIpc) is 2.80. The molecule has 2 aliphatic heterocycles. The van der Waals surface area contributed by atoms with E-state index in [4.69, 9.17) is 14.1 Å². The van der Waals surface area contributed by atoms with Gasteiger partial charge in [-0.1, -0.05) is 48.2 Å². The van der Waals surface area contributed by atoms with E-state index < -0.39 is 5.60 Å². The van der Waals surface area contributed by atoms with E-state index in [1.54, 1.807) is 0 Å². The van der Waals surface area contributed by atoms with Crippen LogP contribution in [0.3, 0.4) is 0 Å². The van der Waals surface area contributed by atoms with Crippen LogP contribution < -0.4 is 10.2 Å². The van der Waals surface area contributed by atoms with Crippen molar-refractivity contribution in [1.29, 1.82) is 0 Å². The van der Waals surface area contributed by atoms with Gasteiger partial charge >= 0.3 is 0 Å². The van der Waals surface area contributed by atoms with Crippen molar-refractivity contribution in [2.75, 3.05) is 0 Å². The molecule has 3 unspecified atom stereocenters. The third-order valence-corrected chi connectivity index (χ3v) is 9.40. The summed E-state index contributed by atoms with van der Waals surface area (Å²) in [4.78, 5) is 18.9. The van der Waals surface area contributed by atoms with E-state index in [1.165, 1.54) is 5.57 Å². The van der Waals surface area contributed by atoms with Gasteiger partial charge in [0.25, 0.3) is 5.95 Å². The largest absolute Gasteiger partial charge is 0.458 e. The third-order valence-electron chi connectivity index (χ3n) is 7.99. The Hall–Kier alpha value is -3.05. The van der Waals surface area contributed by atoms with Gasteiger partial charge in [-0.2, -0.15) is 0 Å². The second-order valence-electron chi connectivity index (χ2n) is 10.5. The molecule has 4 aromatic rings. The first-order valence-corrected chi connectivity index (χ1v) is 12.7. The molecule has 5 heteroatoms. The Balaban J connectivity index is 1.51. The summed E-state index contributed by atoms with van der Waals surface area (Å²) < 4.78 is 12.5. The van der Waals surface area contributed by atoms with Crippen molar-refractivity contribution < 1.29 is 9.15 Å². The van der Waals surface area contributed by atoms with Crippen LogP contribution in [-0.2, 0) is 0 Å². The van der Waals surface area contributed by atoms with Crippen molar-refractivity contribution in [1.82, 2.24) is 4.98 Å². The highest BCUT2D eigenvalue weighted by atomic mass is 32.2. The summed E-state index contributed by atoms with van der Waals surface area (Å²) in [7, 11) is 0. The van der Waals surface area contributed by atoms with Crippen LogP contribution in [0.4, 0.5) is 0 Å². The van der Waals surface area contributed by atoms with Gasteiger partial charge < -0.3 is 9.15 Å². The van der Waals surface area contributed by atoms with E-state index in [9.17, 15) is 4.79 Å². The number of para-hydroxylation sites is 2. The second-order valence-corrected chi connectivity index (χ2v) is 12.0. The lowest BCUT2D eigenvalue weighted by molar-refractivity contribution is -0.0183. The molecule has 4 heterocycles. The quantitative estimate of drug-likeness (QED) is 0.280. The lowest BCUT2D eigenvalue weighted by Gasteiger charge is -2.53. The summed E-state index contributed by atoms with van der Waals surface area (Å²) in [5.41, 5.74) is 4.29. The number of pyridine rings is 1. The summed E-state index contributed by atoms with van der Waals surface area (Å²) in [6.45, 7) is 6.57. The number of benzene rings is 2. The van der Waals surface area contributed by atoms with Crippen LogP contribution in [0.2, 0.25) is 0 Å². The van der Waals surface area contributed by atoms with Crippen LogP contribution in [0, 0.1) is 5.92 Å². The van der Waals surface area contributed by atoms with Gasteiger partial charge in [-0.3, -0.25) is 4.79 Å². The Labute approximate surface area is 202 Å².